The molecule has 0 aliphatic rings. The van der Waals surface area contributed by atoms with E-state index in [0.717, 1.165) is 5.56 Å². The number of amides is 2. The van der Waals surface area contributed by atoms with Gasteiger partial charge in [-0.3, -0.25) is 9.59 Å². The van der Waals surface area contributed by atoms with Crippen LogP contribution in [0.15, 0.2) is 48.5 Å². The topological polar surface area (TPSA) is 72.6 Å². The molecule has 2 amide bonds. The molecule has 0 heterocycles. The maximum atomic E-state index is 13.8. The molecule has 2 N–H and O–H groups in total. The van der Waals surface area contributed by atoms with Crippen LogP contribution in [0, 0.1) is 5.82 Å². The summed E-state index contributed by atoms with van der Waals surface area (Å²) in [4.78, 5) is 25.3. The molecule has 0 saturated carbocycles. The van der Waals surface area contributed by atoms with Gasteiger partial charge in [0.05, 0.1) is 7.11 Å². The van der Waals surface area contributed by atoms with Gasteiger partial charge in [0.15, 0.2) is 11.6 Å². The number of methoxy groups -OCH3 is 1. The molecular weight excluding hydrogens is 335 g/mol. The zero-order valence-electron chi connectivity index (χ0n) is 14.8. The van der Waals surface area contributed by atoms with Gasteiger partial charge in [-0.2, -0.15) is 0 Å². The first-order valence-electron chi connectivity index (χ1n) is 8.42. The lowest BCUT2D eigenvalue weighted by Crippen LogP contribution is -2.33. The highest BCUT2D eigenvalue weighted by Gasteiger charge is 2.15. The van der Waals surface area contributed by atoms with Crippen LogP contribution in [0.5, 0.6) is 5.75 Å². The van der Waals surface area contributed by atoms with Crippen molar-refractivity contribution in [1.29, 1.82) is 0 Å². The highest BCUT2D eigenvalue weighted by molar-refractivity contribution is 5.78. The highest BCUT2D eigenvalue weighted by Crippen LogP contribution is 2.19. The smallest absolute Gasteiger partial charge is 0.223 e. The summed E-state index contributed by atoms with van der Waals surface area (Å²) < 4.78 is 18.6. The largest absolute Gasteiger partial charge is 0.494 e. The SMILES string of the molecule is COc1ccc(CCC(=O)N(CCC(N)=O)Cc2ccccc2)cc1F. The second kappa shape index (κ2) is 9.56. The molecule has 0 saturated heterocycles. The number of hydrogen-bond donors (Lipinski definition) is 1. The Morgan fingerprint density at radius 2 is 1.81 bits per heavy atom. The van der Waals surface area contributed by atoms with Crippen LogP contribution in [-0.2, 0) is 22.6 Å². The minimum Gasteiger partial charge on any atom is -0.494 e. The number of halogens is 1. The molecule has 0 atom stereocenters. The molecule has 0 unspecified atom stereocenters. The van der Waals surface area contributed by atoms with E-state index in [2.05, 4.69) is 0 Å². The molecular formula is C20H23FN2O3. The summed E-state index contributed by atoms with van der Waals surface area (Å²) in [6.45, 7) is 0.671. The number of hydrogen-bond acceptors (Lipinski definition) is 3. The van der Waals surface area contributed by atoms with E-state index in [9.17, 15) is 14.0 Å². The molecule has 2 aromatic carbocycles. The molecule has 0 bridgehead atoms. The van der Waals surface area contributed by atoms with Crippen LogP contribution in [0.4, 0.5) is 4.39 Å². The zero-order valence-corrected chi connectivity index (χ0v) is 14.8. The van der Waals surface area contributed by atoms with Gasteiger partial charge in [0.2, 0.25) is 11.8 Å². The Balaban J connectivity index is 2.00. The molecule has 5 nitrogen and oxygen atoms in total. The normalized spacial score (nSPS) is 10.4. The Bertz CT molecular complexity index is 750. The number of aryl methyl sites for hydroxylation is 1. The zero-order chi connectivity index (χ0) is 18.9. The van der Waals surface area contributed by atoms with Crippen molar-refractivity contribution in [3.05, 3.63) is 65.5 Å². The molecule has 26 heavy (non-hydrogen) atoms. The molecule has 2 rings (SSSR count). The Hall–Kier alpha value is -2.89. The van der Waals surface area contributed by atoms with Gasteiger partial charge >= 0.3 is 0 Å². The predicted octanol–water partition coefficient (Wildman–Crippen LogP) is 2.67. The van der Waals surface area contributed by atoms with Gasteiger partial charge in [0.25, 0.3) is 0 Å². The Kier molecular flexibility index (Phi) is 7.14. The molecule has 2 aromatic rings. The van der Waals surface area contributed by atoms with E-state index in [0.29, 0.717) is 18.5 Å². The monoisotopic (exact) mass is 358 g/mol. The summed E-state index contributed by atoms with van der Waals surface area (Å²) in [5, 5.41) is 0. The van der Waals surface area contributed by atoms with Gasteiger partial charge in [-0.25, -0.2) is 4.39 Å². The molecule has 0 aromatic heterocycles. The third-order valence-electron chi connectivity index (χ3n) is 4.04. The first-order chi connectivity index (χ1) is 12.5. The third kappa shape index (κ3) is 5.88. The summed E-state index contributed by atoms with van der Waals surface area (Å²) in [7, 11) is 1.40. The first-order valence-corrected chi connectivity index (χ1v) is 8.42. The van der Waals surface area contributed by atoms with Gasteiger partial charge in [-0.15, -0.1) is 0 Å². The van der Waals surface area contributed by atoms with Crippen LogP contribution in [0.1, 0.15) is 24.0 Å². The van der Waals surface area contributed by atoms with E-state index in [4.69, 9.17) is 10.5 Å². The number of nitrogens with zero attached hydrogens (tertiary/aromatic N) is 1. The number of carbonyl (C=O) groups is 2. The minimum atomic E-state index is -0.452. The number of nitrogens with two attached hydrogens (primary N) is 1. The number of benzene rings is 2. The van der Waals surface area contributed by atoms with Crippen molar-refractivity contribution in [2.45, 2.75) is 25.8 Å². The van der Waals surface area contributed by atoms with Crippen LogP contribution in [0.3, 0.4) is 0 Å². The molecule has 0 spiro atoms. The van der Waals surface area contributed by atoms with E-state index in [1.54, 1.807) is 17.0 Å². The summed E-state index contributed by atoms with van der Waals surface area (Å²) in [6, 6.07) is 14.2. The van der Waals surface area contributed by atoms with Crippen LogP contribution in [-0.4, -0.2) is 30.4 Å². The average Bonchev–Trinajstić information content (AvgIpc) is 2.64. The van der Waals surface area contributed by atoms with Crippen molar-refractivity contribution in [2.24, 2.45) is 5.73 Å². The Morgan fingerprint density at radius 3 is 2.42 bits per heavy atom. The fourth-order valence-electron chi connectivity index (χ4n) is 2.62. The van der Waals surface area contributed by atoms with Gasteiger partial charge < -0.3 is 15.4 Å². The van der Waals surface area contributed by atoms with Gasteiger partial charge in [-0.05, 0) is 29.7 Å². The first kappa shape index (κ1) is 19.4. The predicted molar refractivity (Wildman–Crippen MR) is 96.9 cm³/mol. The van der Waals surface area contributed by atoms with E-state index < -0.39 is 11.7 Å². The lowest BCUT2D eigenvalue weighted by atomic mass is 10.1. The Labute approximate surface area is 152 Å². The van der Waals surface area contributed by atoms with Crippen molar-refractivity contribution in [3.8, 4) is 5.75 Å². The Morgan fingerprint density at radius 1 is 1.08 bits per heavy atom. The molecule has 0 aliphatic carbocycles. The van der Waals surface area contributed by atoms with Gasteiger partial charge in [0, 0.05) is 25.9 Å². The lowest BCUT2D eigenvalue weighted by molar-refractivity contribution is -0.132. The number of rotatable bonds is 9. The second-order valence-corrected chi connectivity index (χ2v) is 5.99. The van der Waals surface area contributed by atoms with Crippen LogP contribution < -0.4 is 10.5 Å². The van der Waals surface area contributed by atoms with Crippen LogP contribution in [0.25, 0.3) is 0 Å². The molecule has 0 fully saturated rings. The van der Waals surface area contributed by atoms with E-state index in [1.807, 2.05) is 30.3 Å². The second-order valence-electron chi connectivity index (χ2n) is 5.99. The van der Waals surface area contributed by atoms with Crippen LogP contribution >= 0.6 is 0 Å². The number of ether oxygens (including phenoxy) is 1. The molecule has 0 radical (unpaired) electrons. The maximum absolute atomic E-state index is 13.8. The van der Waals surface area contributed by atoms with E-state index >= 15 is 0 Å². The minimum absolute atomic E-state index is 0.105. The molecule has 138 valence electrons. The van der Waals surface area contributed by atoms with E-state index in [1.165, 1.54) is 13.2 Å². The van der Waals surface area contributed by atoms with Gasteiger partial charge in [-0.1, -0.05) is 36.4 Å². The summed E-state index contributed by atoms with van der Waals surface area (Å²) in [5.41, 5.74) is 6.90. The fourth-order valence-corrected chi connectivity index (χ4v) is 2.62. The van der Waals surface area contributed by atoms with E-state index in [-0.39, 0.29) is 31.0 Å². The van der Waals surface area contributed by atoms with Crippen molar-refractivity contribution in [1.82, 2.24) is 4.90 Å². The highest BCUT2D eigenvalue weighted by atomic mass is 19.1. The summed E-state index contributed by atoms with van der Waals surface area (Å²) >= 11 is 0. The fraction of sp³-hybridized carbons (Fsp3) is 0.300. The molecule has 0 aliphatic heterocycles. The quantitative estimate of drug-likeness (QED) is 0.749. The van der Waals surface area contributed by atoms with Crippen molar-refractivity contribution >= 4 is 11.8 Å². The molecule has 6 heteroatoms. The van der Waals surface area contributed by atoms with Crippen molar-refractivity contribution < 1.29 is 18.7 Å². The third-order valence-corrected chi connectivity index (χ3v) is 4.04. The standard InChI is InChI=1S/C20H23FN2O3/c1-26-18-9-7-15(13-17(18)21)8-10-20(25)23(12-11-19(22)24)14-16-5-3-2-4-6-16/h2-7,9,13H,8,10-12,14H2,1H3,(H2,22,24). The number of primary amides is 1. The van der Waals surface area contributed by atoms with Crippen LogP contribution in [0.2, 0.25) is 0 Å². The summed E-state index contributed by atoms with van der Waals surface area (Å²) in [5.74, 6) is -0.834. The lowest BCUT2D eigenvalue weighted by Gasteiger charge is -2.22. The maximum Gasteiger partial charge on any atom is 0.223 e. The van der Waals surface area contributed by atoms with Crippen molar-refractivity contribution in [2.75, 3.05) is 13.7 Å². The number of carbonyl (C=O) groups excluding carboxylic acids is 2. The van der Waals surface area contributed by atoms with Crippen molar-refractivity contribution in [3.63, 3.8) is 0 Å². The average molecular weight is 358 g/mol. The summed E-state index contributed by atoms with van der Waals surface area (Å²) in [6.07, 6.45) is 0.731. The van der Waals surface area contributed by atoms with Gasteiger partial charge in [0.1, 0.15) is 0 Å².